The minimum atomic E-state index is -0.833. The van der Waals surface area contributed by atoms with Gasteiger partial charge in [0.2, 0.25) is 0 Å². The quantitative estimate of drug-likeness (QED) is 0.327. The van der Waals surface area contributed by atoms with Crippen molar-refractivity contribution in [1.29, 1.82) is 0 Å². The van der Waals surface area contributed by atoms with Crippen LogP contribution in [0.2, 0.25) is 0 Å². The predicted molar refractivity (Wildman–Crippen MR) is 32.3 cm³/mol. The Hall–Kier alpha value is 0.0194. The maximum absolute atomic E-state index is 9.00. The molecule has 0 aliphatic carbocycles. The fraction of sp³-hybridized carbons (Fsp3) is 0. The highest BCUT2D eigenvalue weighted by Crippen LogP contribution is 1.25. The van der Waals surface area contributed by atoms with Crippen molar-refractivity contribution in [3.63, 3.8) is 0 Å². The standard InChI is InChI=1S/CH4N2O.Al.H3Si.2H/c2-1(3)4;;;;/h(H4,2,3,4);;1H3;;. The Labute approximate surface area is 51.2 Å². The Morgan fingerprint density at radius 3 is 1.33 bits per heavy atom. The Balaban J connectivity index is -0.0000000450. The van der Waals surface area contributed by atoms with Crippen molar-refractivity contribution in [1.82, 2.24) is 0 Å². The molecule has 0 saturated heterocycles. The number of nitrogens with two attached hydrogens (primary N) is 2. The molecule has 0 aliphatic heterocycles. The second kappa shape index (κ2) is 8.89. The first-order valence-corrected chi connectivity index (χ1v) is 0.781. The molecule has 2 amide bonds. The first-order valence-electron chi connectivity index (χ1n) is 0.781. The number of hydrogen-bond donors (Lipinski definition) is 2. The van der Waals surface area contributed by atoms with E-state index in [2.05, 4.69) is 11.5 Å². The summed E-state index contributed by atoms with van der Waals surface area (Å²) in [5, 5.41) is 0. The molecule has 3 nitrogen and oxygen atoms in total. The van der Waals surface area contributed by atoms with E-state index in [0.717, 1.165) is 0 Å². The Morgan fingerprint density at radius 1 is 1.33 bits per heavy atom. The van der Waals surface area contributed by atoms with E-state index in [-0.39, 0.29) is 28.3 Å². The lowest BCUT2D eigenvalue weighted by molar-refractivity contribution is 0.256. The summed E-state index contributed by atoms with van der Waals surface area (Å²) in [6.45, 7) is 0. The average Bonchev–Trinajstić information content (AvgIpc) is 0.811. The molecule has 4 N–H and O–H groups in total. The summed E-state index contributed by atoms with van der Waals surface area (Å²) in [4.78, 5) is 9.00. The van der Waals surface area contributed by atoms with Crippen molar-refractivity contribution in [2.75, 3.05) is 0 Å². The highest BCUT2D eigenvalue weighted by Gasteiger charge is 1.60. The zero-order valence-electron chi connectivity index (χ0n) is 4.06. The molecule has 6 heavy (non-hydrogen) atoms. The van der Waals surface area contributed by atoms with Gasteiger partial charge in [0.05, 0.1) is 0 Å². The van der Waals surface area contributed by atoms with Crippen LogP contribution in [0, 0.1) is 0 Å². The van der Waals surface area contributed by atoms with Gasteiger partial charge in [-0.2, -0.15) is 0 Å². The second-order valence-corrected chi connectivity index (χ2v) is 0.402. The maximum atomic E-state index is 9.00. The van der Waals surface area contributed by atoms with E-state index in [0.29, 0.717) is 0 Å². The van der Waals surface area contributed by atoms with Crippen LogP contribution in [0.1, 0.15) is 0 Å². The van der Waals surface area contributed by atoms with Crippen molar-refractivity contribution in [2.24, 2.45) is 11.5 Å². The van der Waals surface area contributed by atoms with Gasteiger partial charge in [0.15, 0.2) is 0 Å². The van der Waals surface area contributed by atoms with Crippen LogP contribution < -0.4 is 11.5 Å². The van der Waals surface area contributed by atoms with Crippen LogP contribution >= 0.6 is 0 Å². The van der Waals surface area contributed by atoms with Gasteiger partial charge in [-0.3, -0.25) is 0 Å². The summed E-state index contributed by atoms with van der Waals surface area (Å²) in [5.74, 6) is 0. The van der Waals surface area contributed by atoms with Crippen LogP contribution in [0.4, 0.5) is 4.79 Å². The second-order valence-electron chi connectivity index (χ2n) is 0.402. The van der Waals surface area contributed by atoms with Gasteiger partial charge >= 0.3 is 6.03 Å². The largest absolute Gasteiger partial charge is 0.352 e. The van der Waals surface area contributed by atoms with Gasteiger partial charge in [0.25, 0.3) is 0 Å². The van der Waals surface area contributed by atoms with E-state index in [1.807, 2.05) is 0 Å². The highest BCUT2D eigenvalue weighted by molar-refractivity contribution is 5.76. The van der Waals surface area contributed by atoms with Crippen molar-refractivity contribution < 1.29 is 4.79 Å². The van der Waals surface area contributed by atoms with Crippen LogP contribution in [0.25, 0.3) is 0 Å². The van der Waals surface area contributed by atoms with Gasteiger partial charge in [-0.15, -0.1) is 0 Å². The first kappa shape index (κ1) is 16.6. The molecular weight excluding hydrogens is 111 g/mol. The molecule has 0 aromatic carbocycles. The van der Waals surface area contributed by atoms with Crippen molar-refractivity contribution in [2.45, 2.75) is 0 Å². The highest BCUT2D eigenvalue weighted by atomic mass is 28.1. The Bertz CT molecular complexity index is 36.5. The summed E-state index contributed by atoms with van der Waals surface area (Å²) in [6, 6.07) is -0.833. The summed E-state index contributed by atoms with van der Waals surface area (Å²) in [6.07, 6.45) is 0. The van der Waals surface area contributed by atoms with Crippen molar-refractivity contribution in [3.05, 3.63) is 0 Å². The molecule has 0 aromatic heterocycles. The van der Waals surface area contributed by atoms with E-state index < -0.39 is 6.03 Å². The average molecular weight is 120 g/mol. The van der Waals surface area contributed by atoms with Gasteiger partial charge in [-0.05, 0) is 11.0 Å². The number of hydrogen-bond acceptors (Lipinski definition) is 1. The van der Waals surface area contributed by atoms with Crippen molar-refractivity contribution >= 4 is 34.4 Å². The minimum Gasteiger partial charge on any atom is -0.352 e. The summed E-state index contributed by atoms with van der Waals surface area (Å²) in [7, 11) is 0. The van der Waals surface area contributed by atoms with E-state index in [4.69, 9.17) is 4.79 Å². The maximum Gasteiger partial charge on any atom is 0.309 e. The fourth-order valence-corrected chi connectivity index (χ4v) is 0. The monoisotopic (exact) mass is 120 g/mol. The third kappa shape index (κ3) is 97900. The number of carbonyl (C=O) groups is 1. The lowest BCUT2D eigenvalue weighted by atomic mass is 11.2. The molecule has 0 rings (SSSR count). The topological polar surface area (TPSA) is 69.1 Å². The molecule has 0 spiro atoms. The molecular formula is CH9AlN2OSi. The molecule has 0 saturated carbocycles. The third-order valence-corrected chi connectivity index (χ3v) is 0. The lowest BCUT2D eigenvalue weighted by Crippen LogP contribution is -2.18. The summed E-state index contributed by atoms with van der Waals surface area (Å²) < 4.78 is 0. The van der Waals surface area contributed by atoms with Gasteiger partial charge in [0.1, 0.15) is 17.4 Å². The molecule has 36 valence electrons. The molecule has 0 fully saturated rings. The van der Waals surface area contributed by atoms with E-state index >= 15 is 0 Å². The zero-order chi connectivity index (χ0) is 3.58. The van der Waals surface area contributed by atoms with Gasteiger partial charge in [-0.1, -0.05) is 0 Å². The van der Waals surface area contributed by atoms with Gasteiger partial charge < -0.3 is 11.5 Å². The van der Waals surface area contributed by atoms with Gasteiger partial charge in [-0.25, -0.2) is 4.79 Å². The lowest BCUT2D eigenvalue weighted by Gasteiger charge is -1.62. The molecule has 5 heteroatoms. The number of rotatable bonds is 0. The van der Waals surface area contributed by atoms with Crippen LogP contribution in [0.15, 0.2) is 0 Å². The van der Waals surface area contributed by atoms with Crippen LogP contribution in [-0.2, 0) is 0 Å². The molecule has 0 unspecified atom stereocenters. The van der Waals surface area contributed by atoms with Crippen LogP contribution in [0.3, 0.4) is 0 Å². The number of amides is 2. The molecule has 2 radical (unpaired) electrons. The molecule has 0 aliphatic rings. The predicted octanol–water partition coefficient (Wildman–Crippen LogP) is -3.08. The summed E-state index contributed by atoms with van der Waals surface area (Å²) in [5.41, 5.74) is 8.50. The Kier molecular flexibility index (Phi) is 24.7. The third-order valence-electron chi connectivity index (χ3n) is 0. The number of carbonyl (C=O) groups excluding carboxylic acids is 1. The Morgan fingerprint density at radius 2 is 1.33 bits per heavy atom. The van der Waals surface area contributed by atoms with Crippen LogP contribution in [-0.4, -0.2) is 34.4 Å². The normalized spacial score (nSPS) is 4.00. The summed E-state index contributed by atoms with van der Waals surface area (Å²) >= 11 is 0. The van der Waals surface area contributed by atoms with Gasteiger partial charge in [0, 0.05) is 0 Å². The number of primary amides is 2. The van der Waals surface area contributed by atoms with E-state index in [1.165, 1.54) is 0 Å². The zero-order valence-corrected chi connectivity index (χ0v) is 8.06. The molecule has 0 aromatic rings. The van der Waals surface area contributed by atoms with Crippen molar-refractivity contribution in [3.8, 4) is 0 Å². The van der Waals surface area contributed by atoms with Crippen LogP contribution in [0.5, 0.6) is 0 Å². The molecule has 0 bridgehead atoms. The minimum absolute atomic E-state index is 0. The molecule has 0 atom stereocenters. The van der Waals surface area contributed by atoms with E-state index in [9.17, 15) is 0 Å². The first-order chi connectivity index (χ1) is 1.73. The number of urea groups is 1. The fourth-order valence-electron chi connectivity index (χ4n) is 0. The smallest absolute Gasteiger partial charge is 0.309 e. The van der Waals surface area contributed by atoms with E-state index in [1.54, 1.807) is 0 Å². The molecule has 0 heterocycles. The SMILES string of the molecule is NC(N)=O.[AlH2].[SiH3].